The second-order valence-electron chi connectivity index (χ2n) is 3.75. The molecule has 1 aromatic carbocycles. The summed E-state index contributed by atoms with van der Waals surface area (Å²) in [5, 5.41) is 11.0. The summed E-state index contributed by atoms with van der Waals surface area (Å²) < 4.78 is 26.8. The molecule has 0 amide bonds. The van der Waals surface area contributed by atoms with Gasteiger partial charge in [0.25, 0.3) is 0 Å². The van der Waals surface area contributed by atoms with Gasteiger partial charge in [-0.25, -0.2) is 18.7 Å². The summed E-state index contributed by atoms with van der Waals surface area (Å²) in [6.45, 7) is 1.34. The Morgan fingerprint density at radius 2 is 2.00 bits per heavy atom. The van der Waals surface area contributed by atoms with Gasteiger partial charge in [0.1, 0.15) is 17.3 Å². The van der Waals surface area contributed by atoms with Gasteiger partial charge in [-0.05, 0) is 25.1 Å². The highest BCUT2D eigenvalue weighted by Crippen LogP contribution is 2.32. The van der Waals surface area contributed by atoms with Gasteiger partial charge in [-0.3, -0.25) is 10.1 Å². The number of aromatic nitrogens is 2. The molecule has 1 heterocycles. The standard InChI is InChI=1S/C11H8F2N4O2/c1-5-10(17(18)19)9(16-11(14)15-5)7-4-6(12)2-3-8(7)13/h2-4H,1H3,(H2,14,15,16). The van der Waals surface area contributed by atoms with Crippen molar-refractivity contribution in [2.45, 2.75) is 6.92 Å². The molecule has 0 bridgehead atoms. The van der Waals surface area contributed by atoms with Crippen LogP contribution in [0.2, 0.25) is 0 Å². The molecule has 8 heteroatoms. The van der Waals surface area contributed by atoms with Gasteiger partial charge in [-0.1, -0.05) is 0 Å². The van der Waals surface area contributed by atoms with Gasteiger partial charge in [-0.2, -0.15) is 0 Å². The lowest BCUT2D eigenvalue weighted by atomic mass is 10.1. The summed E-state index contributed by atoms with van der Waals surface area (Å²) >= 11 is 0. The molecular weight excluding hydrogens is 258 g/mol. The first-order chi connectivity index (χ1) is 8.90. The van der Waals surface area contributed by atoms with Crippen LogP contribution in [0.5, 0.6) is 0 Å². The van der Waals surface area contributed by atoms with Crippen molar-refractivity contribution in [1.29, 1.82) is 0 Å². The maximum Gasteiger partial charge on any atom is 0.316 e. The zero-order valence-electron chi connectivity index (χ0n) is 9.72. The number of benzene rings is 1. The maximum absolute atomic E-state index is 13.7. The van der Waals surface area contributed by atoms with E-state index in [9.17, 15) is 18.9 Å². The largest absolute Gasteiger partial charge is 0.368 e. The molecule has 0 atom stereocenters. The van der Waals surface area contributed by atoms with Crippen LogP contribution in [0.3, 0.4) is 0 Å². The van der Waals surface area contributed by atoms with Crippen molar-refractivity contribution < 1.29 is 13.7 Å². The van der Waals surface area contributed by atoms with Gasteiger partial charge in [0.05, 0.1) is 4.92 Å². The zero-order chi connectivity index (χ0) is 14.2. The Bertz CT molecular complexity index is 676. The van der Waals surface area contributed by atoms with Gasteiger partial charge in [-0.15, -0.1) is 0 Å². The third-order valence-corrected chi connectivity index (χ3v) is 2.44. The van der Waals surface area contributed by atoms with E-state index in [1.54, 1.807) is 0 Å². The molecule has 0 saturated heterocycles. The smallest absolute Gasteiger partial charge is 0.316 e. The molecule has 1 aromatic heterocycles. The second kappa shape index (κ2) is 4.56. The Kier molecular flexibility index (Phi) is 3.07. The molecule has 0 unspecified atom stereocenters. The minimum Gasteiger partial charge on any atom is -0.368 e. The monoisotopic (exact) mass is 266 g/mol. The number of hydrogen-bond acceptors (Lipinski definition) is 5. The van der Waals surface area contributed by atoms with Crippen LogP contribution in [-0.2, 0) is 0 Å². The van der Waals surface area contributed by atoms with Crippen molar-refractivity contribution in [1.82, 2.24) is 9.97 Å². The number of halogens is 2. The summed E-state index contributed by atoms with van der Waals surface area (Å²) in [6, 6.07) is 2.59. The lowest BCUT2D eigenvalue weighted by Gasteiger charge is -2.06. The predicted molar refractivity (Wildman–Crippen MR) is 63.2 cm³/mol. The van der Waals surface area contributed by atoms with Crippen LogP contribution in [0.15, 0.2) is 18.2 Å². The van der Waals surface area contributed by atoms with Crippen molar-refractivity contribution >= 4 is 11.6 Å². The lowest BCUT2D eigenvalue weighted by molar-refractivity contribution is -0.385. The van der Waals surface area contributed by atoms with E-state index in [1.165, 1.54) is 6.92 Å². The minimum absolute atomic E-state index is 0.0174. The fourth-order valence-electron chi connectivity index (χ4n) is 1.67. The first-order valence-electron chi connectivity index (χ1n) is 5.14. The van der Waals surface area contributed by atoms with E-state index in [1.807, 2.05) is 0 Å². The van der Waals surface area contributed by atoms with Crippen molar-refractivity contribution in [3.05, 3.63) is 45.6 Å². The predicted octanol–water partition coefficient (Wildman–Crippen LogP) is 2.22. The van der Waals surface area contributed by atoms with Crippen LogP contribution in [-0.4, -0.2) is 14.9 Å². The molecule has 0 aliphatic heterocycles. The quantitative estimate of drug-likeness (QED) is 0.664. The Morgan fingerprint density at radius 3 is 2.63 bits per heavy atom. The van der Waals surface area contributed by atoms with Crippen molar-refractivity contribution in [3.63, 3.8) is 0 Å². The van der Waals surface area contributed by atoms with Crippen LogP contribution < -0.4 is 5.73 Å². The van der Waals surface area contributed by atoms with Gasteiger partial charge in [0.2, 0.25) is 5.95 Å². The fraction of sp³-hybridized carbons (Fsp3) is 0.0909. The van der Waals surface area contributed by atoms with Gasteiger partial charge in [0, 0.05) is 5.56 Å². The second-order valence-corrected chi connectivity index (χ2v) is 3.75. The van der Waals surface area contributed by atoms with E-state index in [0.29, 0.717) is 0 Å². The fourth-order valence-corrected chi connectivity index (χ4v) is 1.67. The molecule has 0 aliphatic carbocycles. The molecule has 6 nitrogen and oxygen atoms in total. The summed E-state index contributed by atoms with van der Waals surface area (Å²) in [6.07, 6.45) is 0. The third kappa shape index (κ3) is 2.32. The molecule has 98 valence electrons. The molecule has 0 aliphatic rings. The molecular formula is C11H8F2N4O2. The SMILES string of the molecule is Cc1nc(N)nc(-c2cc(F)ccc2F)c1[N+](=O)[O-]. The average molecular weight is 266 g/mol. The van der Waals surface area contributed by atoms with E-state index in [-0.39, 0.29) is 22.9 Å². The average Bonchev–Trinajstić information content (AvgIpc) is 2.30. The molecule has 19 heavy (non-hydrogen) atoms. The zero-order valence-corrected chi connectivity index (χ0v) is 9.72. The Morgan fingerprint density at radius 1 is 1.32 bits per heavy atom. The Balaban J connectivity index is 2.81. The van der Waals surface area contributed by atoms with Crippen molar-refractivity contribution in [3.8, 4) is 11.3 Å². The number of nitrogen functional groups attached to an aromatic ring is 1. The molecule has 2 rings (SSSR count). The Labute approximate surface area is 106 Å². The highest BCUT2D eigenvalue weighted by atomic mass is 19.1. The minimum atomic E-state index is -0.831. The molecule has 2 N–H and O–H groups in total. The summed E-state index contributed by atoms with van der Waals surface area (Å²) in [5.41, 5.74) is 4.20. The summed E-state index contributed by atoms with van der Waals surface area (Å²) in [5.74, 6) is -1.82. The number of hydrogen-bond donors (Lipinski definition) is 1. The van der Waals surface area contributed by atoms with Gasteiger partial charge in [0.15, 0.2) is 5.69 Å². The van der Waals surface area contributed by atoms with E-state index < -0.39 is 22.2 Å². The molecule has 0 fully saturated rings. The topological polar surface area (TPSA) is 94.9 Å². The summed E-state index contributed by atoms with van der Waals surface area (Å²) in [4.78, 5) is 17.5. The number of nitrogens with zero attached hydrogens (tertiary/aromatic N) is 3. The first kappa shape index (κ1) is 12.8. The van der Waals surface area contributed by atoms with Crippen LogP contribution in [0.25, 0.3) is 11.3 Å². The summed E-state index contributed by atoms with van der Waals surface area (Å²) in [7, 11) is 0. The van der Waals surface area contributed by atoms with E-state index in [0.717, 1.165) is 18.2 Å². The molecule has 2 aromatic rings. The number of anilines is 1. The number of nitrogens with two attached hydrogens (primary N) is 1. The van der Waals surface area contributed by atoms with Crippen LogP contribution in [0, 0.1) is 28.7 Å². The number of aryl methyl sites for hydroxylation is 1. The third-order valence-electron chi connectivity index (χ3n) is 2.44. The Hall–Kier alpha value is -2.64. The van der Waals surface area contributed by atoms with Crippen LogP contribution in [0.1, 0.15) is 5.69 Å². The lowest BCUT2D eigenvalue weighted by Crippen LogP contribution is -2.05. The number of nitro groups is 1. The molecule has 0 radical (unpaired) electrons. The van der Waals surface area contributed by atoms with E-state index >= 15 is 0 Å². The van der Waals surface area contributed by atoms with Crippen LogP contribution >= 0.6 is 0 Å². The maximum atomic E-state index is 13.7. The van der Waals surface area contributed by atoms with Gasteiger partial charge >= 0.3 is 5.69 Å². The van der Waals surface area contributed by atoms with E-state index in [2.05, 4.69) is 9.97 Å². The number of rotatable bonds is 2. The highest BCUT2D eigenvalue weighted by Gasteiger charge is 2.25. The normalized spacial score (nSPS) is 10.5. The van der Waals surface area contributed by atoms with Crippen molar-refractivity contribution in [2.75, 3.05) is 5.73 Å². The molecule has 0 spiro atoms. The molecule has 0 saturated carbocycles. The first-order valence-corrected chi connectivity index (χ1v) is 5.14. The van der Waals surface area contributed by atoms with Crippen LogP contribution in [0.4, 0.5) is 20.4 Å². The van der Waals surface area contributed by atoms with E-state index in [4.69, 9.17) is 5.73 Å². The van der Waals surface area contributed by atoms with Gasteiger partial charge < -0.3 is 5.73 Å². The van der Waals surface area contributed by atoms with Crippen molar-refractivity contribution in [2.24, 2.45) is 0 Å². The highest BCUT2D eigenvalue weighted by molar-refractivity contribution is 5.72.